The number of para-hydroxylation sites is 1. The van der Waals surface area contributed by atoms with Crippen molar-refractivity contribution in [1.29, 1.82) is 0 Å². The Morgan fingerprint density at radius 1 is 1.42 bits per heavy atom. The van der Waals surface area contributed by atoms with Crippen molar-refractivity contribution in [3.63, 3.8) is 0 Å². The van der Waals surface area contributed by atoms with Gasteiger partial charge in [-0.25, -0.2) is 0 Å². The van der Waals surface area contributed by atoms with E-state index in [1.165, 1.54) is 0 Å². The summed E-state index contributed by atoms with van der Waals surface area (Å²) in [6.45, 7) is 2.26. The van der Waals surface area contributed by atoms with E-state index in [-0.39, 0.29) is 5.60 Å². The summed E-state index contributed by atoms with van der Waals surface area (Å²) in [7, 11) is 0. The largest absolute Gasteiger partial charge is 0.454 e. The molecular weight excluding hydrogens is 286 g/mol. The zero-order valence-corrected chi connectivity index (χ0v) is 12.1. The number of rotatable bonds is 3. The van der Waals surface area contributed by atoms with E-state index in [2.05, 4.69) is 5.16 Å². The minimum atomic E-state index is -0.359. The van der Waals surface area contributed by atoms with Gasteiger partial charge in [0.15, 0.2) is 17.1 Å². The van der Waals surface area contributed by atoms with Gasteiger partial charge in [0.1, 0.15) is 5.04 Å². The maximum Gasteiger partial charge on any atom is 0.231 e. The molecule has 0 radical (unpaired) electrons. The van der Waals surface area contributed by atoms with Crippen molar-refractivity contribution in [1.82, 2.24) is 0 Å². The number of fused-ring (bicyclic) bond motifs is 1. The summed E-state index contributed by atoms with van der Waals surface area (Å²) < 4.78 is 10.8. The molecule has 2 heterocycles. The standard InChI is InChI=1S/C13H14ClNO3S/c1-13(7-14)5-11(15-18-13)19-6-9-3-2-4-10-12(9)17-8-16-10/h2-4H,5-8H2,1H3. The third-order valence-corrected chi connectivity index (χ3v) is 4.62. The number of hydrogen-bond acceptors (Lipinski definition) is 5. The summed E-state index contributed by atoms with van der Waals surface area (Å²) in [6.07, 6.45) is 0.757. The number of hydrogen-bond donors (Lipinski definition) is 0. The summed E-state index contributed by atoms with van der Waals surface area (Å²) in [5, 5.41) is 5.06. The van der Waals surface area contributed by atoms with Crippen LogP contribution in [0.4, 0.5) is 0 Å². The fourth-order valence-corrected chi connectivity index (χ4v) is 3.15. The lowest BCUT2D eigenvalue weighted by Crippen LogP contribution is -2.26. The zero-order valence-electron chi connectivity index (χ0n) is 10.5. The molecule has 1 atom stereocenters. The molecule has 2 aliphatic heterocycles. The van der Waals surface area contributed by atoms with E-state index in [4.69, 9.17) is 25.9 Å². The quantitative estimate of drug-likeness (QED) is 0.802. The number of oxime groups is 1. The number of nitrogens with zero attached hydrogens (tertiary/aromatic N) is 1. The van der Waals surface area contributed by atoms with Crippen molar-refractivity contribution in [2.45, 2.75) is 24.7 Å². The number of benzene rings is 1. The van der Waals surface area contributed by atoms with E-state index in [0.717, 1.165) is 34.3 Å². The Morgan fingerprint density at radius 3 is 3.11 bits per heavy atom. The third-order valence-electron chi connectivity index (χ3n) is 3.05. The molecule has 1 unspecified atom stereocenters. The van der Waals surface area contributed by atoms with Gasteiger partial charge in [-0.2, -0.15) is 0 Å². The lowest BCUT2D eigenvalue weighted by Gasteiger charge is -2.16. The third kappa shape index (κ3) is 2.62. The summed E-state index contributed by atoms with van der Waals surface area (Å²) in [4.78, 5) is 5.36. The Hall–Kier alpha value is -1.07. The first-order valence-corrected chi connectivity index (χ1v) is 7.53. The molecule has 6 heteroatoms. The van der Waals surface area contributed by atoms with E-state index < -0.39 is 0 Å². The second-order valence-corrected chi connectivity index (χ2v) is 6.09. The van der Waals surface area contributed by atoms with Crippen LogP contribution >= 0.6 is 23.4 Å². The van der Waals surface area contributed by atoms with E-state index in [9.17, 15) is 0 Å². The van der Waals surface area contributed by atoms with Crippen LogP contribution in [0.5, 0.6) is 11.5 Å². The molecule has 3 rings (SSSR count). The molecule has 1 aromatic rings. The minimum absolute atomic E-state index is 0.297. The lowest BCUT2D eigenvalue weighted by atomic mass is 10.1. The average Bonchev–Trinajstić information content (AvgIpc) is 3.03. The van der Waals surface area contributed by atoms with Gasteiger partial charge in [0.2, 0.25) is 6.79 Å². The topological polar surface area (TPSA) is 40.0 Å². The Balaban J connectivity index is 1.64. The second kappa shape index (κ2) is 5.13. The van der Waals surface area contributed by atoms with Crippen molar-refractivity contribution in [3.8, 4) is 11.5 Å². The van der Waals surface area contributed by atoms with Crippen molar-refractivity contribution in [2.24, 2.45) is 5.16 Å². The van der Waals surface area contributed by atoms with Gasteiger partial charge in [0.25, 0.3) is 0 Å². The van der Waals surface area contributed by atoms with Crippen LogP contribution in [0.1, 0.15) is 18.9 Å². The summed E-state index contributed by atoms with van der Waals surface area (Å²) >= 11 is 7.52. The molecule has 0 spiro atoms. The Bertz CT molecular complexity index is 523. The molecule has 4 nitrogen and oxygen atoms in total. The molecule has 0 N–H and O–H groups in total. The van der Waals surface area contributed by atoms with Gasteiger partial charge in [0, 0.05) is 17.7 Å². The van der Waals surface area contributed by atoms with E-state index in [1.54, 1.807) is 11.8 Å². The molecule has 0 amide bonds. The van der Waals surface area contributed by atoms with E-state index in [0.29, 0.717) is 12.7 Å². The van der Waals surface area contributed by atoms with Gasteiger partial charge >= 0.3 is 0 Å². The van der Waals surface area contributed by atoms with Gasteiger partial charge in [0.05, 0.1) is 5.88 Å². The first-order valence-electron chi connectivity index (χ1n) is 6.01. The number of ether oxygens (including phenoxy) is 2. The SMILES string of the molecule is CC1(CCl)CC(SCc2cccc3c2OCO3)=NO1. The highest BCUT2D eigenvalue weighted by Crippen LogP contribution is 2.38. The maximum absolute atomic E-state index is 5.86. The van der Waals surface area contributed by atoms with Crippen LogP contribution in [0.3, 0.4) is 0 Å². The van der Waals surface area contributed by atoms with Crippen molar-refractivity contribution < 1.29 is 14.3 Å². The first kappa shape index (κ1) is 12.9. The Morgan fingerprint density at radius 2 is 2.32 bits per heavy atom. The van der Waals surface area contributed by atoms with E-state index >= 15 is 0 Å². The van der Waals surface area contributed by atoms with Crippen LogP contribution in [0.15, 0.2) is 23.4 Å². The highest BCUT2D eigenvalue weighted by molar-refractivity contribution is 8.13. The van der Waals surface area contributed by atoms with Crippen molar-refractivity contribution in [3.05, 3.63) is 23.8 Å². The van der Waals surface area contributed by atoms with Gasteiger partial charge in [-0.05, 0) is 13.0 Å². The molecule has 0 aromatic heterocycles. The van der Waals surface area contributed by atoms with E-state index in [1.807, 2.05) is 25.1 Å². The zero-order chi connectivity index (χ0) is 13.3. The highest BCUT2D eigenvalue weighted by atomic mass is 35.5. The summed E-state index contributed by atoms with van der Waals surface area (Å²) in [6, 6.07) is 5.92. The normalized spacial score (nSPS) is 24.2. The maximum atomic E-state index is 5.86. The summed E-state index contributed by atoms with van der Waals surface area (Å²) in [5.41, 5.74) is 0.754. The van der Waals surface area contributed by atoms with Crippen LogP contribution < -0.4 is 9.47 Å². The van der Waals surface area contributed by atoms with Crippen LogP contribution in [0.2, 0.25) is 0 Å². The average molecular weight is 300 g/mol. The molecular formula is C13H14ClNO3S. The van der Waals surface area contributed by atoms with Crippen LogP contribution in [-0.2, 0) is 10.6 Å². The van der Waals surface area contributed by atoms with Crippen LogP contribution in [0, 0.1) is 0 Å². The number of halogens is 1. The monoisotopic (exact) mass is 299 g/mol. The molecule has 0 saturated heterocycles. The first-order chi connectivity index (χ1) is 9.20. The van der Waals surface area contributed by atoms with Gasteiger partial charge < -0.3 is 14.3 Å². The lowest BCUT2D eigenvalue weighted by molar-refractivity contribution is 0.0152. The fraction of sp³-hybridized carbons (Fsp3) is 0.462. The molecule has 2 aliphatic rings. The van der Waals surface area contributed by atoms with Gasteiger partial charge in [-0.3, -0.25) is 0 Å². The fourth-order valence-electron chi connectivity index (χ4n) is 1.96. The van der Waals surface area contributed by atoms with Gasteiger partial charge in [-0.1, -0.05) is 17.3 Å². The van der Waals surface area contributed by atoms with Crippen LogP contribution in [0.25, 0.3) is 0 Å². The summed E-state index contributed by atoms with van der Waals surface area (Å²) in [5.74, 6) is 2.88. The van der Waals surface area contributed by atoms with Crippen molar-refractivity contribution in [2.75, 3.05) is 12.7 Å². The molecule has 0 aliphatic carbocycles. The minimum Gasteiger partial charge on any atom is -0.454 e. The molecule has 0 saturated carbocycles. The Kier molecular flexibility index (Phi) is 3.50. The predicted octanol–water partition coefficient (Wildman–Crippen LogP) is 3.38. The smallest absolute Gasteiger partial charge is 0.231 e. The number of alkyl halides is 1. The van der Waals surface area contributed by atoms with Crippen LogP contribution in [-0.4, -0.2) is 23.3 Å². The molecule has 0 bridgehead atoms. The van der Waals surface area contributed by atoms with Crippen molar-refractivity contribution >= 4 is 28.4 Å². The second-order valence-electron chi connectivity index (χ2n) is 4.78. The predicted molar refractivity (Wildman–Crippen MR) is 76.1 cm³/mol. The molecule has 19 heavy (non-hydrogen) atoms. The highest BCUT2D eigenvalue weighted by Gasteiger charge is 2.33. The Labute approximate surface area is 121 Å². The van der Waals surface area contributed by atoms with Gasteiger partial charge in [-0.15, -0.1) is 23.4 Å². The number of thioether (sulfide) groups is 1. The molecule has 0 fully saturated rings. The molecule has 1 aromatic carbocycles. The molecule has 102 valence electrons.